The highest BCUT2D eigenvalue weighted by atomic mass is 19.3. The van der Waals surface area contributed by atoms with Crippen molar-refractivity contribution in [1.29, 1.82) is 0 Å². The Kier molecular flexibility index (Phi) is 10.2. The Morgan fingerprint density at radius 3 is 2.17 bits per heavy atom. The molecule has 0 N–H and O–H groups in total. The summed E-state index contributed by atoms with van der Waals surface area (Å²) in [7, 11) is 0. The quantitative estimate of drug-likeness (QED) is 0.432. The Labute approximate surface area is 74.7 Å². The van der Waals surface area contributed by atoms with E-state index < -0.39 is 5.92 Å². The van der Waals surface area contributed by atoms with Crippen LogP contribution in [0.5, 0.6) is 0 Å². The van der Waals surface area contributed by atoms with Crippen molar-refractivity contribution in [1.82, 2.24) is 0 Å². The van der Waals surface area contributed by atoms with Gasteiger partial charge in [0, 0.05) is 12.8 Å². The molecule has 0 aromatic carbocycles. The van der Waals surface area contributed by atoms with Gasteiger partial charge in [0.1, 0.15) is 0 Å². The number of halogens is 2. The molecule has 0 heterocycles. The monoisotopic (exact) mass is 178 g/mol. The Morgan fingerprint density at radius 1 is 1.33 bits per heavy atom. The molecule has 0 atom stereocenters. The van der Waals surface area contributed by atoms with E-state index in [1.165, 1.54) is 6.92 Å². The van der Waals surface area contributed by atoms with Crippen molar-refractivity contribution in [2.24, 2.45) is 0 Å². The summed E-state index contributed by atoms with van der Waals surface area (Å²) in [6.45, 7) is 8.97. The third-order valence-corrected chi connectivity index (χ3v) is 1.47. The molecule has 0 radical (unpaired) electrons. The van der Waals surface area contributed by atoms with Crippen molar-refractivity contribution >= 4 is 0 Å². The van der Waals surface area contributed by atoms with Crippen molar-refractivity contribution < 1.29 is 8.78 Å². The van der Waals surface area contributed by atoms with Gasteiger partial charge < -0.3 is 0 Å². The van der Waals surface area contributed by atoms with Gasteiger partial charge in [0.25, 0.3) is 0 Å². The Balaban J connectivity index is 0. The van der Waals surface area contributed by atoms with E-state index in [-0.39, 0.29) is 12.8 Å². The number of alkyl halides is 2. The molecule has 0 rings (SSSR count). The van der Waals surface area contributed by atoms with Gasteiger partial charge in [-0.2, -0.15) is 0 Å². The lowest BCUT2D eigenvalue weighted by atomic mass is 10.1. The lowest BCUT2D eigenvalue weighted by Crippen LogP contribution is -2.13. The molecule has 0 fully saturated rings. The van der Waals surface area contributed by atoms with Crippen LogP contribution in [0.25, 0.3) is 0 Å². The molecule has 74 valence electrons. The van der Waals surface area contributed by atoms with E-state index >= 15 is 0 Å². The van der Waals surface area contributed by atoms with Crippen LogP contribution in [0.15, 0.2) is 12.7 Å². The molecule has 0 bridgehead atoms. The summed E-state index contributed by atoms with van der Waals surface area (Å²) in [5.74, 6) is -2.46. The summed E-state index contributed by atoms with van der Waals surface area (Å²) in [6, 6.07) is 0. The minimum Gasteiger partial charge on any atom is -0.207 e. The Morgan fingerprint density at radius 2 is 1.83 bits per heavy atom. The molecule has 0 spiro atoms. The lowest BCUT2D eigenvalue weighted by Gasteiger charge is -2.11. The van der Waals surface area contributed by atoms with E-state index in [4.69, 9.17) is 0 Å². The maximum Gasteiger partial charge on any atom is 0.247 e. The fourth-order valence-electron chi connectivity index (χ4n) is 0.682. The first-order valence-electron chi connectivity index (χ1n) is 4.61. The highest BCUT2D eigenvalue weighted by molar-refractivity contribution is 4.70. The van der Waals surface area contributed by atoms with Crippen molar-refractivity contribution in [2.75, 3.05) is 0 Å². The van der Waals surface area contributed by atoms with E-state index in [1.54, 1.807) is 6.08 Å². The second kappa shape index (κ2) is 8.69. The summed E-state index contributed by atoms with van der Waals surface area (Å²) < 4.78 is 24.9. The van der Waals surface area contributed by atoms with Crippen molar-refractivity contribution in [3.05, 3.63) is 12.7 Å². The fourth-order valence-corrected chi connectivity index (χ4v) is 0.682. The zero-order chi connectivity index (χ0) is 10.0. The summed E-state index contributed by atoms with van der Waals surface area (Å²) >= 11 is 0. The molecular weight excluding hydrogens is 158 g/mol. The minimum absolute atomic E-state index is 0.00444. The largest absolute Gasteiger partial charge is 0.247 e. The molecule has 0 nitrogen and oxygen atoms in total. The number of unbranched alkanes of at least 4 members (excludes halogenated alkanes) is 1. The van der Waals surface area contributed by atoms with Crippen molar-refractivity contribution in [3.8, 4) is 0 Å². The van der Waals surface area contributed by atoms with Gasteiger partial charge in [-0.05, 0) is 12.8 Å². The minimum atomic E-state index is -2.46. The second-order valence-electron chi connectivity index (χ2n) is 2.39. The van der Waals surface area contributed by atoms with Crippen LogP contribution in [0, 0.1) is 0 Å². The first kappa shape index (κ1) is 14.1. The van der Waals surface area contributed by atoms with Gasteiger partial charge in [-0.15, -0.1) is 6.58 Å². The van der Waals surface area contributed by atoms with Crippen LogP contribution in [-0.2, 0) is 0 Å². The smallest absolute Gasteiger partial charge is 0.207 e. The highest BCUT2D eigenvalue weighted by Crippen LogP contribution is 2.24. The third-order valence-electron chi connectivity index (χ3n) is 1.47. The average Bonchev–Trinajstić information content (AvgIpc) is 2.09. The van der Waals surface area contributed by atoms with E-state index in [9.17, 15) is 8.78 Å². The van der Waals surface area contributed by atoms with E-state index in [0.29, 0.717) is 12.8 Å². The molecule has 0 unspecified atom stereocenters. The van der Waals surface area contributed by atoms with Gasteiger partial charge in [0.2, 0.25) is 5.92 Å². The summed E-state index contributed by atoms with van der Waals surface area (Å²) in [5, 5.41) is 0. The Hall–Kier alpha value is -0.400. The topological polar surface area (TPSA) is 0 Å². The molecule has 0 aromatic heterocycles. The van der Waals surface area contributed by atoms with Crippen LogP contribution < -0.4 is 0 Å². The van der Waals surface area contributed by atoms with Gasteiger partial charge in [-0.25, -0.2) is 8.78 Å². The molecule has 0 aliphatic heterocycles. The maximum absolute atomic E-state index is 12.4. The van der Waals surface area contributed by atoms with Crippen LogP contribution in [0.4, 0.5) is 8.78 Å². The molecule has 12 heavy (non-hydrogen) atoms. The van der Waals surface area contributed by atoms with Crippen LogP contribution in [0.2, 0.25) is 0 Å². The Bertz CT molecular complexity index is 98.0. The zero-order valence-corrected chi connectivity index (χ0v) is 8.37. The first-order chi connectivity index (χ1) is 5.62. The predicted molar refractivity (Wildman–Crippen MR) is 50.6 cm³/mol. The SMILES string of the molecule is C=CCCCC(F)(F)CC.CC. The van der Waals surface area contributed by atoms with E-state index in [0.717, 1.165) is 0 Å². The van der Waals surface area contributed by atoms with Crippen LogP contribution in [0.3, 0.4) is 0 Å². The number of rotatable bonds is 5. The van der Waals surface area contributed by atoms with Gasteiger partial charge in [0.05, 0.1) is 0 Å². The lowest BCUT2D eigenvalue weighted by molar-refractivity contribution is -0.0129. The molecule has 0 amide bonds. The van der Waals surface area contributed by atoms with Crippen molar-refractivity contribution in [2.45, 2.75) is 52.4 Å². The summed E-state index contributed by atoms with van der Waals surface area (Å²) in [4.78, 5) is 0. The number of hydrogen-bond donors (Lipinski definition) is 0. The molecule has 0 saturated carbocycles. The zero-order valence-electron chi connectivity index (χ0n) is 8.37. The highest BCUT2D eigenvalue weighted by Gasteiger charge is 2.24. The standard InChI is InChI=1S/C8H14F2.C2H6/c1-3-5-6-7-8(9,10)4-2;1-2/h3H,1,4-7H2,2H3;1-2H3. The maximum atomic E-state index is 12.4. The van der Waals surface area contributed by atoms with E-state index in [2.05, 4.69) is 6.58 Å². The molecule has 0 aliphatic carbocycles. The summed E-state index contributed by atoms with van der Waals surface area (Å²) in [6.07, 6.45) is 2.85. The molecule has 0 aromatic rings. The summed E-state index contributed by atoms with van der Waals surface area (Å²) in [5.41, 5.74) is 0. The number of allylic oxidation sites excluding steroid dienone is 1. The van der Waals surface area contributed by atoms with Gasteiger partial charge in [-0.3, -0.25) is 0 Å². The van der Waals surface area contributed by atoms with Crippen molar-refractivity contribution in [3.63, 3.8) is 0 Å². The average molecular weight is 178 g/mol. The molecule has 0 saturated heterocycles. The third kappa shape index (κ3) is 9.60. The molecule has 2 heteroatoms. The van der Waals surface area contributed by atoms with Gasteiger partial charge >= 0.3 is 0 Å². The molecule has 0 aliphatic rings. The number of hydrogen-bond acceptors (Lipinski definition) is 0. The molecular formula is C10H20F2. The van der Waals surface area contributed by atoms with E-state index in [1.807, 2.05) is 13.8 Å². The van der Waals surface area contributed by atoms with Gasteiger partial charge in [-0.1, -0.05) is 26.8 Å². The first-order valence-corrected chi connectivity index (χ1v) is 4.61. The predicted octanol–water partition coefficient (Wildman–Crippen LogP) is 4.41. The second-order valence-corrected chi connectivity index (χ2v) is 2.39. The van der Waals surface area contributed by atoms with Crippen LogP contribution in [0.1, 0.15) is 46.5 Å². The van der Waals surface area contributed by atoms with Gasteiger partial charge in [0.15, 0.2) is 0 Å². The van der Waals surface area contributed by atoms with Crippen LogP contribution >= 0.6 is 0 Å². The fraction of sp³-hybridized carbons (Fsp3) is 0.800. The normalized spacial score (nSPS) is 10.1. The van der Waals surface area contributed by atoms with Crippen LogP contribution in [-0.4, -0.2) is 5.92 Å².